The molecule has 0 saturated carbocycles. The third-order valence-electron chi connectivity index (χ3n) is 5.23. The van der Waals surface area contributed by atoms with Crippen LogP contribution < -0.4 is 9.62 Å². The summed E-state index contributed by atoms with van der Waals surface area (Å²) in [5, 5.41) is 2.89. The van der Waals surface area contributed by atoms with Crippen LogP contribution in [-0.4, -0.2) is 27.4 Å². The summed E-state index contributed by atoms with van der Waals surface area (Å²) >= 11 is 0. The van der Waals surface area contributed by atoms with Gasteiger partial charge in [0.05, 0.1) is 10.6 Å². The van der Waals surface area contributed by atoms with Crippen LogP contribution in [0.15, 0.2) is 83.8 Å². The number of nitrogens with zero attached hydrogens (tertiary/aromatic N) is 1. The van der Waals surface area contributed by atoms with E-state index in [0.717, 1.165) is 16.7 Å². The molecule has 0 saturated heterocycles. The maximum Gasteiger partial charge on any atom is 0.264 e. The minimum atomic E-state index is -3.91. The first kappa shape index (κ1) is 22.6. The van der Waals surface area contributed by atoms with E-state index in [9.17, 15) is 13.2 Å². The molecular formula is C25H28N2O3S. The molecule has 0 aliphatic heterocycles. The Labute approximate surface area is 184 Å². The molecule has 0 aliphatic carbocycles. The molecule has 1 amide bonds. The van der Waals surface area contributed by atoms with Crippen LogP contribution >= 0.6 is 0 Å². The topological polar surface area (TPSA) is 66.5 Å². The number of carbonyl (C=O) groups excluding carboxylic acids is 1. The molecule has 3 aromatic rings. The Morgan fingerprint density at radius 2 is 1.55 bits per heavy atom. The number of sulfonamides is 1. The zero-order valence-corrected chi connectivity index (χ0v) is 18.9. The molecule has 31 heavy (non-hydrogen) atoms. The van der Waals surface area contributed by atoms with E-state index >= 15 is 0 Å². The van der Waals surface area contributed by atoms with E-state index in [1.54, 1.807) is 36.4 Å². The fourth-order valence-corrected chi connectivity index (χ4v) is 4.86. The van der Waals surface area contributed by atoms with Crippen LogP contribution in [0.2, 0.25) is 0 Å². The Hall–Kier alpha value is -3.12. The lowest BCUT2D eigenvalue weighted by Crippen LogP contribution is -2.42. The molecule has 0 heterocycles. The van der Waals surface area contributed by atoms with Gasteiger partial charge in [-0.05, 0) is 54.7 Å². The molecule has 0 bridgehead atoms. The highest BCUT2D eigenvalue weighted by Crippen LogP contribution is 2.27. The van der Waals surface area contributed by atoms with Gasteiger partial charge >= 0.3 is 0 Å². The van der Waals surface area contributed by atoms with E-state index in [1.165, 1.54) is 4.31 Å². The summed E-state index contributed by atoms with van der Waals surface area (Å²) in [6, 6.07) is 23.7. The van der Waals surface area contributed by atoms with Gasteiger partial charge in [-0.25, -0.2) is 8.42 Å². The second-order valence-electron chi connectivity index (χ2n) is 7.73. The zero-order chi connectivity index (χ0) is 22.4. The van der Waals surface area contributed by atoms with Gasteiger partial charge in [-0.1, -0.05) is 67.6 Å². The summed E-state index contributed by atoms with van der Waals surface area (Å²) in [6.07, 6.45) is 0. The summed E-state index contributed by atoms with van der Waals surface area (Å²) in [5.74, 6) is -0.228. The Balaban J connectivity index is 1.85. The van der Waals surface area contributed by atoms with Crippen LogP contribution in [-0.2, 0) is 14.8 Å². The number of hydrogen-bond donors (Lipinski definition) is 1. The molecule has 0 spiro atoms. The van der Waals surface area contributed by atoms with Crippen molar-refractivity contribution in [3.05, 3.63) is 95.6 Å². The predicted octanol–water partition coefficient (Wildman–Crippen LogP) is 4.42. The van der Waals surface area contributed by atoms with E-state index in [0.29, 0.717) is 12.2 Å². The van der Waals surface area contributed by atoms with E-state index < -0.39 is 10.0 Å². The minimum absolute atomic E-state index is 0.116. The molecule has 0 aromatic heterocycles. The van der Waals surface area contributed by atoms with Crippen molar-refractivity contribution in [1.82, 2.24) is 5.32 Å². The summed E-state index contributed by atoms with van der Waals surface area (Å²) in [6.45, 7) is 5.91. The summed E-state index contributed by atoms with van der Waals surface area (Å²) < 4.78 is 28.1. The molecule has 1 N–H and O–H groups in total. The Kier molecular flexibility index (Phi) is 7.13. The van der Waals surface area contributed by atoms with Gasteiger partial charge < -0.3 is 5.32 Å². The summed E-state index contributed by atoms with van der Waals surface area (Å²) in [4.78, 5) is 13.0. The Bertz CT molecular complexity index is 1130. The van der Waals surface area contributed by atoms with Crippen LogP contribution in [0, 0.1) is 13.8 Å². The van der Waals surface area contributed by atoms with Gasteiger partial charge in [-0.15, -0.1) is 0 Å². The predicted molar refractivity (Wildman–Crippen MR) is 125 cm³/mol. The molecule has 6 heteroatoms. The van der Waals surface area contributed by atoms with Crippen molar-refractivity contribution in [1.29, 1.82) is 0 Å². The number of aryl methyl sites for hydroxylation is 2. The number of rotatable bonds is 8. The molecule has 3 aromatic carbocycles. The van der Waals surface area contributed by atoms with Gasteiger partial charge in [0.1, 0.15) is 6.54 Å². The second kappa shape index (κ2) is 9.79. The molecular weight excluding hydrogens is 408 g/mol. The van der Waals surface area contributed by atoms with Gasteiger partial charge in [0.25, 0.3) is 10.0 Å². The first-order valence-corrected chi connectivity index (χ1v) is 11.7. The summed E-state index contributed by atoms with van der Waals surface area (Å²) in [7, 11) is -3.91. The van der Waals surface area contributed by atoms with E-state index in [2.05, 4.69) is 5.32 Å². The number of hydrogen-bond acceptors (Lipinski definition) is 3. The van der Waals surface area contributed by atoms with Gasteiger partial charge in [0.2, 0.25) is 5.91 Å². The number of nitrogens with one attached hydrogen (secondary N) is 1. The highest BCUT2D eigenvalue weighted by atomic mass is 32.2. The molecule has 1 atom stereocenters. The monoisotopic (exact) mass is 436 g/mol. The van der Waals surface area contributed by atoms with E-state index in [1.807, 2.05) is 63.2 Å². The maximum atomic E-state index is 13.4. The highest BCUT2D eigenvalue weighted by molar-refractivity contribution is 7.92. The molecule has 0 fully saturated rings. The van der Waals surface area contributed by atoms with Crippen molar-refractivity contribution in [3.63, 3.8) is 0 Å². The number of anilines is 1. The van der Waals surface area contributed by atoms with Gasteiger partial charge in [-0.2, -0.15) is 0 Å². The van der Waals surface area contributed by atoms with Crippen LogP contribution in [0.25, 0.3) is 0 Å². The lowest BCUT2D eigenvalue weighted by atomic mass is 10.0. The number of amides is 1. The molecule has 0 aliphatic rings. The average Bonchev–Trinajstić information content (AvgIpc) is 2.78. The molecule has 1 unspecified atom stereocenters. The summed E-state index contributed by atoms with van der Waals surface area (Å²) in [5.41, 5.74) is 3.34. The minimum Gasteiger partial charge on any atom is -0.354 e. The van der Waals surface area contributed by atoms with Crippen molar-refractivity contribution in [2.45, 2.75) is 31.6 Å². The quantitative estimate of drug-likeness (QED) is 0.568. The molecule has 0 radical (unpaired) electrons. The van der Waals surface area contributed by atoms with E-state index in [4.69, 9.17) is 0 Å². The molecule has 162 valence electrons. The van der Waals surface area contributed by atoms with Gasteiger partial charge in [-0.3, -0.25) is 9.10 Å². The third-order valence-corrected chi connectivity index (χ3v) is 7.00. The first-order valence-electron chi connectivity index (χ1n) is 10.3. The van der Waals surface area contributed by atoms with Gasteiger partial charge in [0, 0.05) is 6.54 Å². The van der Waals surface area contributed by atoms with Gasteiger partial charge in [0.15, 0.2) is 0 Å². The standard InChI is InChI=1S/C25H28N2O3S/c1-19-14-15-20(2)24(16-19)27(31(29,30)23-12-8-5-9-13-23)18-25(28)26-17-21(3)22-10-6-4-7-11-22/h4-16,21H,17-18H2,1-3H3,(H,26,28). The largest absolute Gasteiger partial charge is 0.354 e. The second-order valence-corrected chi connectivity index (χ2v) is 9.59. The first-order chi connectivity index (χ1) is 14.8. The Morgan fingerprint density at radius 1 is 0.935 bits per heavy atom. The lowest BCUT2D eigenvalue weighted by molar-refractivity contribution is -0.119. The van der Waals surface area contributed by atoms with Crippen LogP contribution in [0.4, 0.5) is 5.69 Å². The Morgan fingerprint density at radius 3 is 2.19 bits per heavy atom. The van der Waals surface area contributed by atoms with E-state index in [-0.39, 0.29) is 23.3 Å². The van der Waals surface area contributed by atoms with Crippen molar-refractivity contribution >= 4 is 21.6 Å². The highest BCUT2D eigenvalue weighted by Gasteiger charge is 2.28. The fourth-order valence-electron chi connectivity index (χ4n) is 3.36. The van der Waals surface area contributed by atoms with Crippen molar-refractivity contribution < 1.29 is 13.2 Å². The maximum absolute atomic E-state index is 13.4. The normalized spacial score (nSPS) is 12.2. The smallest absolute Gasteiger partial charge is 0.264 e. The lowest BCUT2D eigenvalue weighted by Gasteiger charge is -2.26. The van der Waals surface area contributed by atoms with Crippen LogP contribution in [0.5, 0.6) is 0 Å². The molecule has 3 rings (SSSR count). The average molecular weight is 437 g/mol. The third kappa shape index (κ3) is 5.52. The van der Waals surface area contributed by atoms with Crippen molar-refractivity contribution in [2.24, 2.45) is 0 Å². The number of carbonyl (C=O) groups is 1. The van der Waals surface area contributed by atoms with Crippen molar-refractivity contribution in [2.75, 3.05) is 17.4 Å². The SMILES string of the molecule is Cc1ccc(C)c(N(CC(=O)NCC(C)c2ccccc2)S(=O)(=O)c2ccccc2)c1. The van der Waals surface area contributed by atoms with Crippen LogP contribution in [0.1, 0.15) is 29.5 Å². The van der Waals surface area contributed by atoms with Crippen molar-refractivity contribution in [3.8, 4) is 0 Å². The zero-order valence-electron chi connectivity index (χ0n) is 18.1. The number of benzene rings is 3. The van der Waals surface area contributed by atoms with Crippen LogP contribution in [0.3, 0.4) is 0 Å². The molecule has 5 nitrogen and oxygen atoms in total. The fraction of sp³-hybridized carbons (Fsp3) is 0.240.